The van der Waals surface area contributed by atoms with Crippen LogP contribution >= 0.6 is 11.8 Å². The van der Waals surface area contributed by atoms with Crippen molar-refractivity contribution >= 4 is 58.1 Å². The molecule has 0 spiro atoms. The largest absolute Gasteiger partial charge is 0.391 e. The van der Waals surface area contributed by atoms with Gasteiger partial charge >= 0.3 is 0 Å². The monoisotopic (exact) mass is 855 g/mol. The van der Waals surface area contributed by atoms with Crippen molar-refractivity contribution in [1.29, 1.82) is 0 Å². The van der Waals surface area contributed by atoms with E-state index in [-0.39, 0.29) is 32.1 Å². The molecule has 7 atom stereocenters. The number of aromatic amines is 1. The first kappa shape index (κ1) is 46.3. The van der Waals surface area contributed by atoms with Gasteiger partial charge < -0.3 is 47.3 Å². The minimum atomic E-state index is -1.52. The first-order valence-corrected chi connectivity index (χ1v) is 21.9. The number of thioether (sulfide) groups is 1. The number of aliphatic hydroxyl groups excluding tert-OH is 1. The number of fused-ring (bicyclic) bond motifs is 1. The van der Waals surface area contributed by atoms with Gasteiger partial charge in [0.05, 0.1) is 6.10 Å². The lowest BCUT2D eigenvalue weighted by Crippen LogP contribution is -2.63. The molecule has 1 fully saturated rings. The second-order valence-electron chi connectivity index (χ2n) is 15.3. The summed E-state index contributed by atoms with van der Waals surface area (Å²) in [7, 11) is 1.46. The number of benzene rings is 2. The number of unbranched alkanes of at least 4 members (excludes halogenated alkanes) is 1. The molecule has 0 unspecified atom stereocenters. The molecule has 1 aliphatic rings. The zero-order valence-electron chi connectivity index (χ0n) is 34.8. The lowest BCUT2D eigenvalue weighted by molar-refractivity contribution is -0.143. The molecular weight excluding hydrogens is 799 g/mol. The van der Waals surface area contributed by atoms with Crippen LogP contribution in [0.5, 0.6) is 0 Å². The first-order valence-electron chi connectivity index (χ1n) is 20.5. The number of nitrogens with one attached hydrogen (secondary N) is 6. The number of likely N-dealkylation sites (N-methyl/N-ethyl adjacent to an activating group) is 1. The lowest BCUT2D eigenvalue weighted by atomic mass is 9.99. The molecule has 0 radical (unpaired) electrons. The van der Waals surface area contributed by atoms with Gasteiger partial charge in [-0.1, -0.05) is 48.5 Å². The molecule has 17 heteroatoms. The van der Waals surface area contributed by atoms with E-state index in [1.807, 2.05) is 60.9 Å². The molecule has 2 aromatic heterocycles. The third kappa shape index (κ3) is 12.9. The molecule has 3 heterocycles. The number of H-pyrrole nitrogens is 1. The fraction of sp³-hybridized carbons (Fsp3) is 0.432. The highest BCUT2D eigenvalue weighted by atomic mass is 32.2. The number of aliphatic hydroxyl groups is 1. The van der Waals surface area contributed by atoms with Gasteiger partial charge in [0, 0.05) is 55.8 Å². The van der Waals surface area contributed by atoms with Crippen LogP contribution in [0.15, 0.2) is 85.3 Å². The van der Waals surface area contributed by atoms with Crippen LogP contribution in [0.2, 0.25) is 0 Å². The topological polar surface area (TPSA) is 241 Å². The zero-order chi connectivity index (χ0) is 43.9. The Morgan fingerprint density at radius 2 is 1.31 bits per heavy atom. The fourth-order valence-electron chi connectivity index (χ4n) is 7.32. The van der Waals surface area contributed by atoms with Crippen molar-refractivity contribution in [3.63, 3.8) is 0 Å². The predicted molar refractivity (Wildman–Crippen MR) is 234 cm³/mol. The van der Waals surface area contributed by atoms with Crippen LogP contribution in [0, 0.1) is 0 Å². The van der Waals surface area contributed by atoms with E-state index in [1.165, 1.54) is 30.6 Å². The molecule has 0 saturated carbocycles. The Hall–Kier alpha value is -5.78. The van der Waals surface area contributed by atoms with E-state index in [4.69, 9.17) is 5.73 Å². The van der Waals surface area contributed by atoms with E-state index in [9.17, 15) is 33.9 Å². The van der Waals surface area contributed by atoms with Gasteiger partial charge in [-0.25, -0.2) is 0 Å². The van der Waals surface area contributed by atoms with Crippen molar-refractivity contribution in [1.82, 2.24) is 41.5 Å². The van der Waals surface area contributed by atoms with Crippen LogP contribution in [0.4, 0.5) is 0 Å². The average molecular weight is 856 g/mol. The van der Waals surface area contributed by atoms with E-state index < -0.39 is 77.8 Å². The molecular formula is C44H57N9O7S. The molecule has 0 bridgehead atoms. The highest BCUT2D eigenvalue weighted by molar-refractivity contribution is 7.98. The van der Waals surface area contributed by atoms with Crippen molar-refractivity contribution in [2.45, 2.75) is 94.2 Å². The molecule has 0 aliphatic carbocycles. The average Bonchev–Trinajstić information content (AvgIpc) is 3.67. The quantitative estimate of drug-likeness (QED) is 0.0841. The van der Waals surface area contributed by atoms with Gasteiger partial charge in [-0.3, -0.25) is 33.8 Å². The maximum Gasteiger partial charge on any atom is 0.245 e. The maximum atomic E-state index is 14.6. The summed E-state index contributed by atoms with van der Waals surface area (Å²) in [6.45, 7) is 1.66. The summed E-state index contributed by atoms with van der Waals surface area (Å²) in [5.74, 6) is -3.72. The summed E-state index contributed by atoms with van der Waals surface area (Å²) < 4.78 is 0. The number of nitrogens with two attached hydrogens (primary N) is 1. The Morgan fingerprint density at radius 1 is 0.705 bits per heavy atom. The van der Waals surface area contributed by atoms with E-state index in [2.05, 4.69) is 36.6 Å². The lowest BCUT2D eigenvalue weighted by Gasteiger charge is -2.33. The SMILES string of the molecule is CSCC[C@@H]1NC(=O)[C@H]([C@@H](C)O)NC(=O)[C@H](CCCCN)NC(=O)[C@@H](Cc2c[nH]c3ccccc23)NC(=O)[C@H](Cc2ccncc2)NC(=O)[C@H](Cc2ccccc2)N(C)C1=O. The zero-order valence-corrected chi connectivity index (χ0v) is 35.6. The van der Waals surface area contributed by atoms with Gasteiger partial charge in [0.25, 0.3) is 0 Å². The summed E-state index contributed by atoms with van der Waals surface area (Å²) in [4.78, 5) is 94.8. The van der Waals surface area contributed by atoms with E-state index >= 15 is 0 Å². The minimum Gasteiger partial charge on any atom is -0.391 e. The summed E-state index contributed by atoms with van der Waals surface area (Å²) in [6.07, 6.45) is 6.63. The molecule has 16 nitrogen and oxygen atoms in total. The third-order valence-corrected chi connectivity index (χ3v) is 11.5. The van der Waals surface area contributed by atoms with Gasteiger partial charge in [-0.15, -0.1) is 0 Å². The van der Waals surface area contributed by atoms with Crippen LogP contribution in [0.3, 0.4) is 0 Å². The molecule has 2 aromatic carbocycles. The molecule has 326 valence electrons. The van der Waals surface area contributed by atoms with Crippen molar-refractivity contribution in [2.75, 3.05) is 25.6 Å². The molecule has 9 N–H and O–H groups in total. The normalized spacial score (nSPS) is 22.9. The molecule has 4 aromatic rings. The molecule has 1 saturated heterocycles. The number of rotatable bonds is 14. The van der Waals surface area contributed by atoms with Crippen LogP contribution in [0.25, 0.3) is 10.9 Å². The second-order valence-corrected chi connectivity index (χ2v) is 16.3. The Labute approximate surface area is 360 Å². The number of pyridine rings is 1. The van der Waals surface area contributed by atoms with E-state index in [0.717, 1.165) is 16.5 Å². The number of aromatic nitrogens is 2. The first-order chi connectivity index (χ1) is 29.4. The Kier molecular flexibility index (Phi) is 17.2. The maximum absolute atomic E-state index is 14.6. The van der Waals surface area contributed by atoms with Crippen LogP contribution in [0.1, 0.15) is 49.3 Å². The molecule has 5 rings (SSSR count). The fourth-order valence-corrected chi connectivity index (χ4v) is 7.80. The number of nitrogens with zero attached hydrogens (tertiary/aromatic N) is 2. The number of hydrogen-bond acceptors (Lipinski definition) is 10. The highest BCUT2D eigenvalue weighted by Gasteiger charge is 2.38. The van der Waals surface area contributed by atoms with Crippen molar-refractivity contribution in [3.05, 3.63) is 102 Å². The number of carbonyl (C=O) groups excluding carboxylic acids is 6. The van der Waals surface area contributed by atoms with Crippen molar-refractivity contribution in [3.8, 4) is 0 Å². The van der Waals surface area contributed by atoms with Crippen LogP contribution < -0.4 is 32.3 Å². The molecule has 6 amide bonds. The van der Waals surface area contributed by atoms with Crippen LogP contribution in [-0.4, -0.2) is 123 Å². The van der Waals surface area contributed by atoms with Gasteiger partial charge in [-0.2, -0.15) is 11.8 Å². The van der Waals surface area contributed by atoms with E-state index in [1.54, 1.807) is 30.7 Å². The van der Waals surface area contributed by atoms with Gasteiger partial charge in [0.15, 0.2) is 0 Å². The van der Waals surface area contributed by atoms with Gasteiger partial charge in [-0.05, 0) is 86.0 Å². The molecule has 1 aliphatic heterocycles. The summed E-state index contributed by atoms with van der Waals surface area (Å²) in [6, 6.07) is 12.4. The predicted octanol–water partition coefficient (Wildman–Crippen LogP) is 1.12. The Bertz CT molecular complexity index is 2100. The summed E-state index contributed by atoms with van der Waals surface area (Å²) in [5, 5.41) is 25.6. The highest BCUT2D eigenvalue weighted by Crippen LogP contribution is 2.20. The number of carbonyl (C=O) groups is 6. The van der Waals surface area contributed by atoms with Crippen molar-refractivity contribution in [2.24, 2.45) is 5.73 Å². The van der Waals surface area contributed by atoms with Crippen molar-refractivity contribution < 1.29 is 33.9 Å². The smallest absolute Gasteiger partial charge is 0.245 e. The van der Waals surface area contributed by atoms with E-state index in [0.29, 0.717) is 36.3 Å². The Balaban J connectivity index is 1.61. The number of amides is 6. The van der Waals surface area contributed by atoms with Crippen LogP contribution in [-0.2, 0) is 48.0 Å². The molecule has 61 heavy (non-hydrogen) atoms. The third-order valence-electron chi connectivity index (χ3n) is 10.8. The second kappa shape index (κ2) is 22.7. The summed E-state index contributed by atoms with van der Waals surface area (Å²) in [5.41, 5.74) is 8.70. The standard InChI is InChI=1S/C44H57N9O7S/c1-27(54)38-43(59)49-34(18-22-61-3)44(60)53(2)37(24-28-11-5-4-6-12-28)42(58)51-35(23-29-16-20-46-21-17-29)40(56)50-36(25-30-26-47-32-14-8-7-13-31(30)32)41(57)48-33(39(55)52-38)15-9-10-19-45/h4-8,11-14,16-17,20-21,26-27,33-38,47,54H,9-10,15,18-19,22-25,45H2,1-3H3,(H,48,57)(H,49,59)(H,50,56)(H,51,58)(H,52,55)/t27-,33+,34+,35+,36-,37+,38+/m1/s1. The minimum absolute atomic E-state index is 0.00133. The van der Waals surface area contributed by atoms with Gasteiger partial charge in [0.1, 0.15) is 36.3 Å². The Morgan fingerprint density at radius 3 is 2.00 bits per heavy atom. The number of para-hydroxylation sites is 1. The summed E-state index contributed by atoms with van der Waals surface area (Å²) >= 11 is 1.45. The number of hydrogen-bond donors (Lipinski definition) is 8. The van der Waals surface area contributed by atoms with Gasteiger partial charge in [0.2, 0.25) is 35.4 Å².